The number of para-hydroxylation sites is 5. The van der Waals surface area contributed by atoms with E-state index < -0.39 is 0 Å². The molecule has 79 heavy (non-hydrogen) atoms. The molecule has 0 radical (unpaired) electrons. The SMILES string of the molecule is CC(C)(C)c1ccc2c(c1)c1c(N(c3ccccc3)c3ccccc3)ccc3c4cc5c(cc4n2c31)c1cc2c(cc1n5-c1ccccc1)c1ccc(N(c3ccccc3)c3ccccc3)c3c4cc(C(C)(C)C)ccc4n2c13. The minimum absolute atomic E-state index is 0.0391. The Balaban J connectivity index is 1.03. The standard InChI is InChI=1S/C74H57N5/c1-73(2,3)46-32-36-61-59(40-46)69-63(75(48-22-12-7-13-23-48)49-24-14-8-15-25-49)38-34-53-55-42-65-57(44-67(55)78(61)71(53)69)58-45-68-56(43-66(58)77(65)52-30-20-11-21-31-52)54-35-39-64(76(50-26-16-9-17-27-50)51-28-18-10-19-29-51)70-60-41-47(74(4,5)6)33-37-62(60)79(68)72(54)70/h7-45H,1-6H3. The molecule has 0 aliphatic rings. The Morgan fingerprint density at radius 1 is 0.278 bits per heavy atom. The first-order chi connectivity index (χ1) is 38.5. The van der Waals surface area contributed by atoms with E-state index >= 15 is 0 Å². The maximum atomic E-state index is 2.58. The van der Waals surface area contributed by atoms with E-state index in [4.69, 9.17) is 0 Å². The van der Waals surface area contributed by atoms with Gasteiger partial charge in [-0.2, -0.15) is 0 Å². The topological polar surface area (TPSA) is 20.2 Å². The zero-order valence-corrected chi connectivity index (χ0v) is 45.3. The summed E-state index contributed by atoms with van der Waals surface area (Å²) in [5.41, 5.74) is 20.2. The molecule has 0 unspecified atom stereocenters. The van der Waals surface area contributed by atoms with Crippen LogP contribution >= 0.6 is 0 Å². The molecule has 16 rings (SSSR count). The number of benzene rings is 11. The number of hydrogen-bond acceptors (Lipinski definition) is 2. The van der Waals surface area contributed by atoms with Crippen LogP contribution < -0.4 is 9.80 Å². The van der Waals surface area contributed by atoms with Crippen LogP contribution in [0.4, 0.5) is 34.1 Å². The summed E-state index contributed by atoms with van der Waals surface area (Å²) in [4.78, 5) is 4.88. The Bertz CT molecular complexity index is 4680. The summed E-state index contributed by atoms with van der Waals surface area (Å²) < 4.78 is 7.68. The van der Waals surface area contributed by atoms with Crippen molar-refractivity contribution in [2.24, 2.45) is 0 Å². The lowest BCUT2D eigenvalue weighted by Gasteiger charge is -2.26. The van der Waals surface area contributed by atoms with E-state index in [-0.39, 0.29) is 10.8 Å². The molecule has 378 valence electrons. The molecule has 0 fully saturated rings. The Hall–Kier alpha value is -9.58. The first-order valence-electron chi connectivity index (χ1n) is 27.8. The molecule has 11 aromatic carbocycles. The molecular formula is C74H57N5. The van der Waals surface area contributed by atoms with Crippen LogP contribution in [0.25, 0.3) is 104 Å². The first-order valence-corrected chi connectivity index (χ1v) is 27.8. The van der Waals surface area contributed by atoms with Crippen LogP contribution in [-0.2, 0) is 10.8 Å². The first kappa shape index (κ1) is 45.6. The smallest absolute Gasteiger partial charge is 0.0641 e. The largest absolute Gasteiger partial charge is 0.310 e. The van der Waals surface area contributed by atoms with Crippen molar-refractivity contribution < 1.29 is 0 Å². The summed E-state index contributed by atoms with van der Waals surface area (Å²) in [6.45, 7) is 13.9. The lowest BCUT2D eigenvalue weighted by atomic mass is 9.86. The van der Waals surface area contributed by atoms with E-state index in [2.05, 4.69) is 301 Å². The zero-order chi connectivity index (χ0) is 53.1. The van der Waals surface area contributed by atoms with E-state index in [1.54, 1.807) is 0 Å². The molecule has 16 aromatic rings. The van der Waals surface area contributed by atoms with E-state index in [0.29, 0.717) is 0 Å². The molecule has 0 saturated carbocycles. The average Bonchev–Trinajstić information content (AvgIpc) is 3.49. The van der Waals surface area contributed by atoms with Crippen molar-refractivity contribution in [1.82, 2.24) is 13.4 Å². The van der Waals surface area contributed by atoms with Gasteiger partial charge < -0.3 is 23.2 Å². The van der Waals surface area contributed by atoms with Gasteiger partial charge in [0.2, 0.25) is 0 Å². The van der Waals surface area contributed by atoms with Crippen molar-refractivity contribution in [2.75, 3.05) is 9.80 Å². The summed E-state index contributed by atoms with van der Waals surface area (Å²) in [5.74, 6) is 0. The highest BCUT2D eigenvalue weighted by Gasteiger charge is 2.30. The third-order valence-corrected chi connectivity index (χ3v) is 17.1. The quantitative estimate of drug-likeness (QED) is 0.159. The summed E-state index contributed by atoms with van der Waals surface area (Å²) in [5, 5.41) is 12.5. The lowest BCUT2D eigenvalue weighted by Crippen LogP contribution is -2.11. The van der Waals surface area contributed by atoms with E-state index in [1.807, 2.05) is 0 Å². The summed E-state index contributed by atoms with van der Waals surface area (Å²) >= 11 is 0. The zero-order valence-electron chi connectivity index (χ0n) is 45.3. The van der Waals surface area contributed by atoms with Gasteiger partial charge in [0.15, 0.2) is 0 Å². The van der Waals surface area contributed by atoms with Gasteiger partial charge in [-0.1, -0.05) is 157 Å². The highest BCUT2D eigenvalue weighted by Crippen LogP contribution is 2.52. The van der Waals surface area contributed by atoms with Gasteiger partial charge in [-0.15, -0.1) is 0 Å². The molecule has 0 aliphatic carbocycles. The molecule has 0 amide bonds. The highest BCUT2D eigenvalue weighted by atomic mass is 15.2. The van der Waals surface area contributed by atoms with Gasteiger partial charge in [0.1, 0.15) is 0 Å². The number of rotatable bonds is 7. The summed E-state index contributed by atoms with van der Waals surface area (Å²) in [6, 6.07) is 88.3. The van der Waals surface area contributed by atoms with E-state index in [9.17, 15) is 0 Å². The van der Waals surface area contributed by atoms with Crippen molar-refractivity contribution in [3.8, 4) is 5.69 Å². The minimum atomic E-state index is -0.0391. The molecule has 5 heterocycles. The maximum absolute atomic E-state index is 2.58. The molecule has 0 bridgehead atoms. The second-order valence-corrected chi connectivity index (χ2v) is 23.8. The van der Waals surface area contributed by atoms with Crippen LogP contribution in [0.5, 0.6) is 0 Å². The molecule has 5 heteroatoms. The fourth-order valence-electron chi connectivity index (χ4n) is 13.4. The predicted octanol–water partition coefficient (Wildman–Crippen LogP) is 20.6. The second-order valence-electron chi connectivity index (χ2n) is 23.8. The fraction of sp³-hybridized carbons (Fsp3) is 0.108. The van der Waals surface area contributed by atoms with Crippen LogP contribution in [0, 0.1) is 0 Å². The molecule has 0 aliphatic heterocycles. The van der Waals surface area contributed by atoms with Gasteiger partial charge in [-0.25, -0.2) is 0 Å². The number of aromatic nitrogens is 3. The van der Waals surface area contributed by atoms with Crippen LogP contribution in [-0.4, -0.2) is 13.4 Å². The summed E-state index contributed by atoms with van der Waals surface area (Å²) in [6.07, 6.45) is 0. The Morgan fingerprint density at radius 3 is 0.962 bits per heavy atom. The summed E-state index contributed by atoms with van der Waals surface area (Å²) in [7, 11) is 0. The molecule has 5 aromatic heterocycles. The van der Waals surface area contributed by atoms with E-state index in [1.165, 1.54) is 109 Å². The van der Waals surface area contributed by atoms with Crippen molar-refractivity contribution in [2.45, 2.75) is 52.4 Å². The van der Waals surface area contributed by atoms with Crippen molar-refractivity contribution in [3.63, 3.8) is 0 Å². The third kappa shape index (κ3) is 6.57. The Morgan fingerprint density at radius 2 is 0.608 bits per heavy atom. The number of hydrogen-bond donors (Lipinski definition) is 0. The van der Waals surface area contributed by atoms with Gasteiger partial charge >= 0.3 is 0 Å². The maximum Gasteiger partial charge on any atom is 0.0641 e. The molecule has 0 N–H and O–H groups in total. The van der Waals surface area contributed by atoms with Gasteiger partial charge in [0.25, 0.3) is 0 Å². The average molecular weight is 1020 g/mol. The molecule has 5 nitrogen and oxygen atoms in total. The van der Waals surface area contributed by atoms with Crippen LogP contribution in [0.1, 0.15) is 52.7 Å². The van der Waals surface area contributed by atoms with Crippen LogP contribution in [0.15, 0.2) is 237 Å². The normalized spacial score (nSPS) is 12.7. The van der Waals surface area contributed by atoms with Gasteiger partial charge in [0, 0.05) is 82.3 Å². The third-order valence-electron chi connectivity index (χ3n) is 17.1. The van der Waals surface area contributed by atoms with Gasteiger partial charge in [-0.05, 0) is 143 Å². The number of nitrogens with zero attached hydrogens (tertiary/aromatic N) is 5. The Kier molecular flexibility index (Phi) is 9.51. The number of fused-ring (bicyclic) bond motifs is 15. The number of anilines is 6. The molecule has 0 atom stereocenters. The molecule has 0 saturated heterocycles. The fourth-order valence-corrected chi connectivity index (χ4v) is 13.4. The minimum Gasteiger partial charge on any atom is -0.310 e. The van der Waals surface area contributed by atoms with Crippen molar-refractivity contribution >= 4 is 132 Å². The molecular weight excluding hydrogens is 959 g/mol. The van der Waals surface area contributed by atoms with Gasteiger partial charge in [0.05, 0.1) is 55.5 Å². The van der Waals surface area contributed by atoms with Crippen LogP contribution in [0.3, 0.4) is 0 Å². The molecule has 0 spiro atoms. The second kappa shape index (κ2) is 16.5. The highest BCUT2D eigenvalue weighted by molar-refractivity contribution is 6.32. The lowest BCUT2D eigenvalue weighted by molar-refractivity contribution is 0.591. The van der Waals surface area contributed by atoms with E-state index in [0.717, 1.165) is 39.8 Å². The van der Waals surface area contributed by atoms with Gasteiger partial charge in [-0.3, -0.25) is 0 Å². The van der Waals surface area contributed by atoms with Crippen LogP contribution in [0.2, 0.25) is 0 Å². The Labute approximate surface area is 458 Å². The monoisotopic (exact) mass is 1020 g/mol. The predicted molar refractivity (Wildman–Crippen MR) is 337 cm³/mol. The van der Waals surface area contributed by atoms with Crippen molar-refractivity contribution in [1.29, 1.82) is 0 Å². The van der Waals surface area contributed by atoms with Crippen molar-refractivity contribution in [3.05, 3.63) is 248 Å².